The van der Waals surface area contributed by atoms with E-state index in [2.05, 4.69) is 122 Å². The number of rotatable bonds is 7. The van der Waals surface area contributed by atoms with E-state index in [1.165, 1.54) is 50.6 Å². The van der Waals surface area contributed by atoms with Gasteiger partial charge in [-0.25, -0.2) is 4.98 Å². The topological polar surface area (TPSA) is 43.6 Å². The van der Waals surface area contributed by atoms with E-state index < -0.39 is 37.8 Å². The van der Waals surface area contributed by atoms with Crippen molar-refractivity contribution in [2.24, 2.45) is 0 Å². The minimum Gasteiger partial charge on any atom is 0 e. The van der Waals surface area contributed by atoms with Gasteiger partial charge in [-0.15, -0.1) is 18.2 Å². The van der Waals surface area contributed by atoms with Crippen LogP contribution in [0.2, 0.25) is 17.3 Å². The van der Waals surface area contributed by atoms with Crippen LogP contribution in [-0.4, -0.2) is 32.8 Å². The third-order valence-corrected chi connectivity index (χ3v) is 16.9. The normalized spacial score (nSPS) is 13.1. The molecular formula is C53H50F4GeIrN4S-2. The molecule has 1 radical (unpaired) electrons. The number of aryl methyl sites for hydroxylation is 1. The molecule has 0 N–H and O–H groups in total. The number of benzene rings is 5. The molecule has 4 heterocycles. The van der Waals surface area contributed by atoms with Gasteiger partial charge in [0.2, 0.25) is 0 Å². The maximum absolute atomic E-state index is 14.7. The number of hydrogen-bond donors (Lipinski definition) is 0. The van der Waals surface area contributed by atoms with Crippen LogP contribution < -0.4 is 4.40 Å². The van der Waals surface area contributed by atoms with E-state index in [1.54, 1.807) is 0 Å². The number of fused-ring (bicyclic) bond motifs is 6. The number of hydrogen-bond acceptors (Lipinski definition) is 4. The third-order valence-electron chi connectivity index (χ3n) is 11.5. The van der Waals surface area contributed by atoms with Crippen LogP contribution in [0, 0.1) is 24.8 Å². The Labute approximate surface area is 397 Å². The van der Waals surface area contributed by atoms with Crippen molar-refractivity contribution in [1.82, 2.24) is 19.5 Å². The van der Waals surface area contributed by atoms with Gasteiger partial charge in [0.1, 0.15) is 10.5 Å². The average Bonchev–Trinajstić information content (AvgIpc) is 3.84. The largest absolute Gasteiger partial charge is 0 e. The van der Waals surface area contributed by atoms with Crippen molar-refractivity contribution >= 4 is 71.1 Å². The second-order valence-corrected chi connectivity index (χ2v) is 29.5. The minimum absolute atomic E-state index is 0. The molecule has 0 aliphatic rings. The van der Waals surface area contributed by atoms with E-state index in [0.717, 1.165) is 49.2 Å². The Bertz CT molecular complexity index is 3270. The molecular weight excluding hydrogens is 1070 g/mol. The minimum atomic E-state index is -4.51. The molecule has 0 bridgehead atoms. The van der Waals surface area contributed by atoms with Gasteiger partial charge < -0.3 is 4.57 Å². The molecule has 64 heavy (non-hydrogen) atoms. The fourth-order valence-electron chi connectivity index (χ4n) is 8.32. The standard InChI is InChI=1S/C35H27F3N3S.C18H23FGeN.Ir/c1-19(2)22-11-7-12-23(20(3)4)30(22)41-31-24-10-6-5-9-21(24)15-17-28(31)39-33(41)27-14-8-13-25-26-16-18-29(35(36,37)38)40-34(26)42-32(25)27;1-12(2)15-10-17(21-11-16(15)20(4,5)6)14-9-7-8-13(3)18(14)19;/h5-13,15-20H,1-4H3;7-8,10-12H,1-6H3;/q2*-1;/i;3D3;. The Morgan fingerprint density at radius 2 is 1.41 bits per heavy atom. The first-order valence-corrected chi connectivity index (χ1v) is 29.3. The van der Waals surface area contributed by atoms with Crippen molar-refractivity contribution in [3.05, 3.63) is 149 Å². The van der Waals surface area contributed by atoms with Crippen LogP contribution in [0.4, 0.5) is 17.6 Å². The zero-order valence-corrected chi connectivity index (χ0v) is 42.4. The number of pyridine rings is 2. The van der Waals surface area contributed by atoms with E-state index in [9.17, 15) is 17.6 Å². The molecule has 9 rings (SSSR count). The van der Waals surface area contributed by atoms with E-state index in [1.807, 2.05) is 42.6 Å². The number of thiophene rings is 1. The van der Waals surface area contributed by atoms with Gasteiger partial charge >= 0.3 is 140 Å². The van der Waals surface area contributed by atoms with Crippen LogP contribution in [0.15, 0.2) is 103 Å². The summed E-state index contributed by atoms with van der Waals surface area (Å²) in [5.41, 5.74) is 6.65. The number of para-hydroxylation sites is 1. The van der Waals surface area contributed by atoms with Crippen LogP contribution in [-0.2, 0) is 26.3 Å². The molecule has 11 heteroatoms. The molecule has 0 fully saturated rings. The van der Waals surface area contributed by atoms with Crippen molar-refractivity contribution < 1.29 is 41.8 Å². The van der Waals surface area contributed by atoms with Gasteiger partial charge in [0.05, 0.1) is 16.9 Å². The number of imidazole rings is 1. The van der Waals surface area contributed by atoms with E-state index in [-0.39, 0.29) is 43.1 Å². The first-order valence-electron chi connectivity index (χ1n) is 22.6. The SMILES string of the molecule is CC(C)c1cccc(C(C)C)c1-n1c(-c2[c-]ccc3c2sc2nc(C(F)(F)F)ccc23)nc2ccc3ccccc3c21.[2H]C([2H])([2H])c1cc[c-]c(-c2cc(C(C)C)[c]([Ge]([CH3])([CH3])[CH3])cn2)c1F.[Ir]. The molecule has 0 aliphatic carbocycles. The molecule has 4 aromatic heterocycles. The number of alkyl halides is 3. The molecule has 0 saturated carbocycles. The molecule has 0 saturated heterocycles. The zero-order chi connectivity index (χ0) is 47.6. The summed E-state index contributed by atoms with van der Waals surface area (Å²) in [5, 5.41) is 3.73. The summed E-state index contributed by atoms with van der Waals surface area (Å²) < 4.78 is 82.1. The summed E-state index contributed by atoms with van der Waals surface area (Å²) in [4.78, 5) is 14.0. The summed E-state index contributed by atoms with van der Waals surface area (Å²) in [6, 6.07) is 36.1. The van der Waals surface area contributed by atoms with Gasteiger partial charge in [-0.2, -0.15) is 24.5 Å². The molecule has 331 valence electrons. The van der Waals surface area contributed by atoms with Gasteiger partial charge in [0.25, 0.3) is 0 Å². The average molecular weight is 1120 g/mol. The van der Waals surface area contributed by atoms with Crippen molar-refractivity contribution in [2.75, 3.05) is 0 Å². The summed E-state index contributed by atoms with van der Waals surface area (Å²) in [6.07, 6.45) is -2.66. The fourth-order valence-corrected chi connectivity index (χ4v) is 13.0. The summed E-state index contributed by atoms with van der Waals surface area (Å²) in [5.74, 6) is 7.62. The molecule has 0 amide bonds. The Hall–Kier alpha value is -4.74. The second-order valence-electron chi connectivity index (χ2n) is 17.9. The van der Waals surface area contributed by atoms with Crippen LogP contribution in [0.1, 0.15) is 91.4 Å². The zero-order valence-electron chi connectivity index (χ0n) is 40.1. The van der Waals surface area contributed by atoms with E-state index in [4.69, 9.17) is 9.10 Å². The number of halogens is 4. The first-order chi connectivity index (χ1) is 31.1. The summed E-state index contributed by atoms with van der Waals surface area (Å²) >= 11 is -0.844. The molecule has 0 atom stereocenters. The number of aromatic nitrogens is 4. The predicted molar refractivity (Wildman–Crippen MR) is 257 cm³/mol. The van der Waals surface area contributed by atoms with Gasteiger partial charge in [-0.05, 0) is 50.6 Å². The number of nitrogens with zero attached hydrogens (tertiary/aromatic N) is 4. The second kappa shape index (κ2) is 18.3. The van der Waals surface area contributed by atoms with Crippen LogP contribution in [0.25, 0.3) is 70.4 Å². The summed E-state index contributed by atoms with van der Waals surface area (Å²) in [7, 11) is 0. The quantitative estimate of drug-likeness (QED) is 0.0907. The van der Waals surface area contributed by atoms with Gasteiger partial charge in [0, 0.05) is 31.2 Å². The Morgan fingerprint density at radius 3 is 2.06 bits per heavy atom. The van der Waals surface area contributed by atoms with Gasteiger partial charge in [-0.3, -0.25) is 4.98 Å². The van der Waals surface area contributed by atoms with Gasteiger partial charge in [0.15, 0.2) is 0 Å². The Morgan fingerprint density at radius 1 is 0.734 bits per heavy atom. The van der Waals surface area contributed by atoms with Crippen LogP contribution >= 0.6 is 11.3 Å². The Balaban J connectivity index is 0.000000228. The third kappa shape index (κ3) is 8.83. The smallest absolute Gasteiger partial charge is 0 e. The predicted octanol–water partition coefficient (Wildman–Crippen LogP) is 15.3. The molecule has 0 spiro atoms. The maximum atomic E-state index is 14.7. The van der Waals surface area contributed by atoms with Crippen molar-refractivity contribution in [1.29, 1.82) is 0 Å². The van der Waals surface area contributed by atoms with Crippen molar-refractivity contribution in [3.63, 3.8) is 0 Å². The molecule has 0 unspecified atom stereocenters. The van der Waals surface area contributed by atoms with Gasteiger partial charge in [-0.1, -0.05) is 93.2 Å². The van der Waals surface area contributed by atoms with Crippen LogP contribution in [0.5, 0.6) is 0 Å². The van der Waals surface area contributed by atoms with Crippen molar-refractivity contribution in [3.8, 4) is 28.3 Å². The van der Waals surface area contributed by atoms with Crippen LogP contribution in [0.3, 0.4) is 0 Å². The molecule has 0 aliphatic heterocycles. The van der Waals surface area contributed by atoms with E-state index in [0.29, 0.717) is 27.7 Å². The monoisotopic (exact) mass is 1120 g/mol. The Kier molecular flexibility index (Phi) is 12.3. The van der Waals surface area contributed by atoms with E-state index >= 15 is 0 Å². The molecule has 5 aromatic carbocycles. The molecule has 4 nitrogen and oxygen atoms in total. The van der Waals surface area contributed by atoms with Crippen molar-refractivity contribution in [2.45, 2.75) is 89.6 Å². The fraction of sp³-hybridized carbons (Fsp3) is 0.264. The first kappa shape index (κ1) is 43.2. The summed E-state index contributed by atoms with van der Waals surface area (Å²) in [6.45, 7) is 10.5. The molecule has 9 aromatic rings. The maximum Gasteiger partial charge on any atom is 0 e.